The van der Waals surface area contributed by atoms with Gasteiger partial charge in [0.2, 0.25) is 0 Å². The summed E-state index contributed by atoms with van der Waals surface area (Å²) in [6.45, 7) is 13.2. The van der Waals surface area contributed by atoms with Gasteiger partial charge in [-0.2, -0.15) is 0 Å². The molecule has 0 aliphatic carbocycles. The van der Waals surface area contributed by atoms with Crippen molar-refractivity contribution in [2.45, 2.75) is 58.7 Å². The van der Waals surface area contributed by atoms with Crippen LogP contribution in [-0.4, -0.2) is 52.6 Å². The van der Waals surface area contributed by atoms with Crippen molar-refractivity contribution in [3.05, 3.63) is 34.8 Å². The smallest absolute Gasteiger partial charge is 0.408 e. The summed E-state index contributed by atoms with van der Waals surface area (Å²) in [5, 5.41) is 0. The van der Waals surface area contributed by atoms with E-state index in [-0.39, 0.29) is 11.8 Å². The maximum atomic E-state index is 12.4. The summed E-state index contributed by atoms with van der Waals surface area (Å²) in [4.78, 5) is 17.4. The number of piperidine rings is 1. The highest BCUT2D eigenvalue weighted by Gasteiger charge is 2.25. The third kappa shape index (κ3) is 3.98. The zero-order valence-corrected chi connectivity index (χ0v) is 15.9. The van der Waals surface area contributed by atoms with Gasteiger partial charge in [-0.05, 0) is 59.2 Å². The molecule has 1 aliphatic rings. The van der Waals surface area contributed by atoms with Crippen molar-refractivity contribution in [1.82, 2.24) is 14.4 Å². The first-order chi connectivity index (χ1) is 12.0. The van der Waals surface area contributed by atoms with E-state index in [0.29, 0.717) is 17.7 Å². The van der Waals surface area contributed by atoms with E-state index in [9.17, 15) is 4.79 Å². The first-order valence-electron chi connectivity index (χ1n) is 9.55. The van der Waals surface area contributed by atoms with Crippen LogP contribution in [0.5, 0.6) is 0 Å². The van der Waals surface area contributed by atoms with Gasteiger partial charge >= 0.3 is 5.76 Å². The first-order valence-corrected chi connectivity index (χ1v) is 9.55. The lowest BCUT2D eigenvalue weighted by molar-refractivity contribution is 0.118. The van der Waals surface area contributed by atoms with E-state index in [2.05, 4.69) is 37.5 Å². The van der Waals surface area contributed by atoms with Crippen molar-refractivity contribution in [2.24, 2.45) is 0 Å². The maximum Gasteiger partial charge on any atom is 0.420 e. The van der Waals surface area contributed by atoms with Gasteiger partial charge in [-0.15, -0.1) is 0 Å². The lowest BCUT2D eigenvalue weighted by Gasteiger charge is -2.36. The molecule has 1 atom stereocenters. The maximum absolute atomic E-state index is 12.4. The van der Waals surface area contributed by atoms with Gasteiger partial charge in [0.15, 0.2) is 5.58 Å². The Bertz CT molecular complexity index is 739. The second-order valence-corrected chi connectivity index (χ2v) is 7.73. The lowest BCUT2D eigenvalue weighted by Crippen LogP contribution is -2.45. The Balaban J connectivity index is 1.71. The highest BCUT2D eigenvalue weighted by Crippen LogP contribution is 2.24. The minimum atomic E-state index is -0.223. The Morgan fingerprint density at radius 2 is 1.92 bits per heavy atom. The minimum Gasteiger partial charge on any atom is -0.408 e. The molecule has 1 saturated heterocycles. The number of likely N-dealkylation sites (tertiary alicyclic amines) is 1. The topological polar surface area (TPSA) is 41.6 Å². The van der Waals surface area contributed by atoms with E-state index in [1.54, 1.807) is 0 Å². The number of oxazole rings is 1. The standard InChI is InChI=1S/C20H31N3O2/c1-15(2)22(16(3)4)13-12-21-11-7-8-17(14-21)23-18-9-5-6-10-19(18)25-20(23)24/h5-6,9-10,15-17H,7-8,11-14H2,1-4H3/t17-/m1/s1. The van der Waals surface area contributed by atoms with Crippen LogP contribution in [-0.2, 0) is 0 Å². The SMILES string of the molecule is CC(C)N(CCN1CCC[C@@H](n2c(=O)oc3ccccc32)C1)C(C)C. The van der Waals surface area contributed by atoms with Crippen LogP contribution in [0.3, 0.4) is 0 Å². The van der Waals surface area contributed by atoms with Crippen LogP contribution in [0, 0.1) is 0 Å². The molecule has 2 heterocycles. The number of hydrogen-bond acceptors (Lipinski definition) is 4. The van der Waals surface area contributed by atoms with Gasteiger partial charge in [0, 0.05) is 31.7 Å². The average Bonchev–Trinajstić information content (AvgIpc) is 2.90. The molecule has 0 bridgehead atoms. The van der Waals surface area contributed by atoms with Crippen molar-refractivity contribution < 1.29 is 4.42 Å². The molecular formula is C20H31N3O2. The molecule has 5 heteroatoms. The summed E-state index contributed by atoms with van der Waals surface area (Å²) < 4.78 is 7.29. The Morgan fingerprint density at radius 3 is 2.64 bits per heavy atom. The fraction of sp³-hybridized carbons (Fsp3) is 0.650. The largest absolute Gasteiger partial charge is 0.420 e. The minimum absolute atomic E-state index is 0.205. The molecule has 0 radical (unpaired) electrons. The van der Waals surface area contributed by atoms with Crippen molar-refractivity contribution in [3.63, 3.8) is 0 Å². The van der Waals surface area contributed by atoms with Crippen LogP contribution in [0.4, 0.5) is 0 Å². The van der Waals surface area contributed by atoms with Crippen LogP contribution in [0.15, 0.2) is 33.5 Å². The fourth-order valence-corrected chi connectivity index (χ4v) is 4.14. The van der Waals surface area contributed by atoms with E-state index < -0.39 is 0 Å². The molecule has 3 rings (SSSR count). The Labute approximate surface area is 150 Å². The van der Waals surface area contributed by atoms with Gasteiger partial charge in [0.05, 0.1) is 11.6 Å². The molecule has 0 N–H and O–H groups in total. The van der Waals surface area contributed by atoms with Gasteiger partial charge in [0.1, 0.15) is 0 Å². The van der Waals surface area contributed by atoms with Gasteiger partial charge < -0.3 is 9.32 Å². The van der Waals surface area contributed by atoms with E-state index in [1.165, 1.54) is 0 Å². The molecule has 0 unspecified atom stereocenters. The third-order valence-corrected chi connectivity index (χ3v) is 5.37. The lowest BCUT2D eigenvalue weighted by atomic mass is 10.0. The normalized spacial score (nSPS) is 19.6. The van der Waals surface area contributed by atoms with Crippen LogP contribution >= 0.6 is 0 Å². The summed E-state index contributed by atoms with van der Waals surface area (Å²) in [6.07, 6.45) is 2.16. The summed E-state index contributed by atoms with van der Waals surface area (Å²) >= 11 is 0. The number of fused-ring (bicyclic) bond motifs is 1. The van der Waals surface area contributed by atoms with Crippen molar-refractivity contribution in [2.75, 3.05) is 26.2 Å². The van der Waals surface area contributed by atoms with Crippen molar-refractivity contribution >= 4 is 11.1 Å². The van der Waals surface area contributed by atoms with E-state index >= 15 is 0 Å². The molecule has 0 amide bonds. The number of nitrogens with zero attached hydrogens (tertiary/aromatic N) is 3. The van der Waals surface area contributed by atoms with Gasteiger partial charge in [-0.25, -0.2) is 4.79 Å². The Hall–Kier alpha value is -1.59. The Kier molecular flexibility index (Phi) is 5.64. The van der Waals surface area contributed by atoms with Gasteiger partial charge in [-0.1, -0.05) is 12.1 Å². The second kappa shape index (κ2) is 7.75. The van der Waals surface area contributed by atoms with Crippen molar-refractivity contribution in [1.29, 1.82) is 0 Å². The zero-order chi connectivity index (χ0) is 18.0. The summed E-state index contributed by atoms with van der Waals surface area (Å²) in [5.74, 6) is -0.223. The number of aromatic nitrogens is 1. The predicted octanol–water partition coefficient (Wildman–Crippen LogP) is 3.35. The molecule has 25 heavy (non-hydrogen) atoms. The number of para-hydroxylation sites is 2. The van der Waals surface area contributed by atoms with Crippen LogP contribution in [0.1, 0.15) is 46.6 Å². The molecular weight excluding hydrogens is 314 g/mol. The molecule has 5 nitrogen and oxygen atoms in total. The molecule has 1 aromatic heterocycles. The monoisotopic (exact) mass is 345 g/mol. The average molecular weight is 345 g/mol. The predicted molar refractivity (Wildman–Crippen MR) is 102 cm³/mol. The molecule has 1 aliphatic heterocycles. The van der Waals surface area contributed by atoms with E-state index in [1.807, 2.05) is 28.8 Å². The van der Waals surface area contributed by atoms with Crippen LogP contribution in [0.25, 0.3) is 11.1 Å². The molecule has 0 spiro atoms. The molecule has 1 aromatic carbocycles. The number of rotatable bonds is 6. The van der Waals surface area contributed by atoms with Gasteiger partial charge in [0.25, 0.3) is 0 Å². The zero-order valence-electron chi connectivity index (χ0n) is 15.9. The molecule has 0 saturated carbocycles. The fourth-order valence-electron chi connectivity index (χ4n) is 4.14. The molecule has 138 valence electrons. The number of hydrogen-bond donors (Lipinski definition) is 0. The summed E-state index contributed by atoms with van der Waals surface area (Å²) in [6, 6.07) is 9.06. The van der Waals surface area contributed by atoms with E-state index in [0.717, 1.165) is 44.5 Å². The summed E-state index contributed by atoms with van der Waals surface area (Å²) in [5.41, 5.74) is 1.61. The van der Waals surface area contributed by atoms with Crippen LogP contribution in [0.2, 0.25) is 0 Å². The number of benzene rings is 1. The van der Waals surface area contributed by atoms with E-state index in [4.69, 9.17) is 4.42 Å². The third-order valence-electron chi connectivity index (χ3n) is 5.37. The Morgan fingerprint density at radius 1 is 1.20 bits per heavy atom. The summed E-state index contributed by atoms with van der Waals surface area (Å²) in [7, 11) is 0. The first kappa shape index (κ1) is 18.2. The second-order valence-electron chi connectivity index (χ2n) is 7.73. The van der Waals surface area contributed by atoms with Crippen LogP contribution < -0.4 is 5.76 Å². The van der Waals surface area contributed by atoms with Crippen molar-refractivity contribution in [3.8, 4) is 0 Å². The highest BCUT2D eigenvalue weighted by atomic mass is 16.4. The van der Waals surface area contributed by atoms with Gasteiger partial charge in [-0.3, -0.25) is 9.47 Å². The quantitative estimate of drug-likeness (QED) is 0.805. The molecule has 1 fully saturated rings. The highest BCUT2D eigenvalue weighted by molar-refractivity contribution is 5.72. The molecule has 2 aromatic rings.